The van der Waals surface area contributed by atoms with Gasteiger partial charge >= 0.3 is 11.9 Å². The quantitative estimate of drug-likeness (QED) is 0.498. The number of esters is 2. The van der Waals surface area contributed by atoms with Crippen LogP contribution >= 0.6 is 0 Å². The highest BCUT2D eigenvalue weighted by atomic mass is 16.5. The summed E-state index contributed by atoms with van der Waals surface area (Å²) in [4.78, 5) is 34.4. The van der Waals surface area contributed by atoms with E-state index in [4.69, 9.17) is 24.7 Å². The molecule has 2 aromatic rings. The van der Waals surface area contributed by atoms with Crippen molar-refractivity contribution in [2.24, 2.45) is 0 Å². The van der Waals surface area contributed by atoms with Gasteiger partial charge in [0.2, 0.25) is 0 Å². The molecule has 11 heteroatoms. The first-order valence-corrected chi connectivity index (χ1v) is 9.37. The molecule has 0 amide bonds. The highest BCUT2D eigenvalue weighted by molar-refractivity contribution is 5.97. The average molecular weight is 433 g/mol. The lowest BCUT2D eigenvalue weighted by Crippen LogP contribution is -2.32. The lowest BCUT2D eigenvalue weighted by molar-refractivity contribution is 0.0599. The van der Waals surface area contributed by atoms with Crippen LogP contribution in [0.5, 0.6) is 0 Å². The van der Waals surface area contributed by atoms with Crippen molar-refractivity contribution in [3.63, 3.8) is 0 Å². The molecular weight excluding hydrogens is 406 g/mol. The minimum absolute atomic E-state index is 0.169. The number of hydrogen-bond acceptors (Lipinski definition) is 11. The predicted molar refractivity (Wildman–Crippen MR) is 115 cm³/mol. The Morgan fingerprint density at radius 2 is 1.48 bits per heavy atom. The molecule has 0 unspecified atom stereocenters. The number of carbonyl (C=O) groups is 2. The van der Waals surface area contributed by atoms with E-state index in [0.29, 0.717) is 43.6 Å². The Bertz CT molecular complexity index is 865. The number of nitrogens with two attached hydrogens (primary N) is 1. The van der Waals surface area contributed by atoms with Gasteiger partial charge in [-0.2, -0.15) is 0 Å². The zero-order chi connectivity index (χ0) is 22.8. The third-order valence-corrected chi connectivity index (χ3v) is 4.33. The van der Waals surface area contributed by atoms with Crippen LogP contribution in [-0.4, -0.2) is 76.6 Å². The Labute approximate surface area is 180 Å². The van der Waals surface area contributed by atoms with Gasteiger partial charge in [0.05, 0.1) is 38.6 Å². The third kappa shape index (κ3) is 6.27. The summed E-state index contributed by atoms with van der Waals surface area (Å²) in [5.74, 6) is -0.391. The number of carbonyl (C=O) groups excluding carboxylic acids is 2. The number of aromatic nitrogens is 2. The van der Waals surface area contributed by atoms with E-state index in [1.54, 1.807) is 14.2 Å². The lowest BCUT2D eigenvalue weighted by Gasteiger charge is -2.25. The zero-order valence-corrected chi connectivity index (χ0v) is 18.0. The van der Waals surface area contributed by atoms with E-state index >= 15 is 0 Å². The maximum absolute atomic E-state index is 12.0. The van der Waals surface area contributed by atoms with Gasteiger partial charge in [0.15, 0.2) is 11.6 Å². The highest BCUT2D eigenvalue weighted by Gasteiger charge is 2.18. The molecule has 2 rings (SSSR count). The highest BCUT2D eigenvalue weighted by Crippen LogP contribution is 2.29. The summed E-state index contributed by atoms with van der Waals surface area (Å²) < 4.78 is 19.8. The number of nitrogens with zero attached hydrogens (tertiary/aromatic N) is 3. The molecular formula is C20H27N5O6. The molecule has 0 bridgehead atoms. The molecule has 1 aromatic carbocycles. The van der Waals surface area contributed by atoms with Crippen LogP contribution in [0.3, 0.4) is 0 Å². The fourth-order valence-corrected chi connectivity index (χ4v) is 2.77. The second kappa shape index (κ2) is 11.7. The molecule has 3 N–H and O–H groups in total. The molecule has 168 valence electrons. The fourth-order valence-electron chi connectivity index (χ4n) is 2.77. The monoisotopic (exact) mass is 433 g/mol. The smallest absolute Gasteiger partial charge is 0.337 e. The van der Waals surface area contributed by atoms with Crippen LogP contribution in [-0.2, 0) is 18.9 Å². The summed E-state index contributed by atoms with van der Waals surface area (Å²) in [6.45, 7) is 2.04. The number of hydrogen-bond donors (Lipinski definition) is 2. The lowest BCUT2D eigenvalue weighted by atomic mass is 10.1. The Balaban J connectivity index is 2.40. The molecule has 1 heterocycles. The topological polar surface area (TPSA) is 138 Å². The zero-order valence-electron chi connectivity index (χ0n) is 18.0. The second-order valence-corrected chi connectivity index (χ2v) is 6.34. The average Bonchev–Trinajstić information content (AvgIpc) is 2.79. The van der Waals surface area contributed by atoms with Crippen molar-refractivity contribution in [2.75, 3.05) is 70.7 Å². The second-order valence-electron chi connectivity index (χ2n) is 6.34. The summed E-state index contributed by atoms with van der Waals surface area (Å²) in [5, 5.41) is 3.04. The summed E-state index contributed by atoms with van der Waals surface area (Å²) in [7, 11) is 5.73. The van der Waals surface area contributed by atoms with Crippen LogP contribution in [0.1, 0.15) is 20.7 Å². The molecule has 0 aliphatic carbocycles. The van der Waals surface area contributed by atoms with Crippen molar-refractivity contribution in [1.29, 1.82) is 0 Å². The van der Waals surface area contributed by atoms with Gasteiger partial charge in [-0.25, -0.2) is 19.6 Å². The van der Waals surface area contributed by atoms with Crippen LogP contribution < -0.4 is 16.0 Å². The Morgan fingerprint density at radius 1 is 0.935 bits per heavy atom. The van der Waals surface area contributed by atoms with E-state index in [9.17, 15) is 9.59 Å². The fraction of sp³-hybridized carbons (Fsp3) is 0.400. The van der Waals surface area contributed by atoms with Crippen LogP contribution in [0.25, 0.3) is 0 Å². The van der Waals surface area contributed by atoms with Gasteiger partial charge < -0.3 is 34.9 Å². The van der Waals surface area contributed by atoms with Gasteiger partial charge in [0, 0.05) is 33.0 Å². The van der Waals surface area contributed by atoms with Crippen molar-refractivity contribution in [1.82, 2.24) is 9.97 Å². The number of benzene rings is 1. The Hall–Kier alpha value is -3.44. The molecule has 0 fully saturated rings. The molecule has 0 aliphatic rings. The van der Waals surface area contributed by atoms with Gasteiger partial charge in [0.1, 0.15) is 12.0 Å². The standard InChI is InChI=1S/C20H27N5O6/c1-28-7-5-25(6-8-29-2)18-16(21)17(22-12-23-18)24-15-10-13(19(26)30-3)9-14(11-15)20(27)31-4/h9-12H,5-8,21H2,1-4H3,(H,22,23,24). The van der Waals surface area contributed by atoms with E-state index in [0.717, 1.165) is 0 Å². The van der Waals surface area contributed by atoms with Crippen LogP contribution in [0.4, 0.5) is 23.0 Å². The molecule has 1 aromatic heterocycles. The largest absolute Gasteiger partial charge is 0.465 e. The van der Waals surface area contributed by atoms with Crippen molar-refractivity contribution in [3.05, 3.63) is 35.7 Å². The van der Waals surface area contributed by atoms with Crippen molar-refractivity contribution >= 4 is 34.9 Å². The molecule has 11 nitrogen and oxygen atoms in total. The molecule has 0 radical (unpaired) electrons. The Kier molecular flexibility index (Phi) is 8.97. The van der Waals surface area contributed by atoms with Crippen molar-refractivity contribution in [2.45, 2.75) is 0 Å². The summed E-state index contributed by atoms with van der Waals surface area (Å²) in [6, 6.07) is 4.43. The number of nitrogen functional groups attached to an aromatic ring is 1. The van der Waals surface area contributed by atoms with E-state index < -0.39 is 11.9 Å². The van der Waals surface area contributed by atoms with Gasteiger partial charge in [-0.15, -0.1) is 0 Å². The predicted octanol–water partition coefficient (Wildman–Crippen LogP) is 1.47. The molecule has 0 saturated carbocycles. The van der Waals surface area contributed by atoms with E-state index in [2.05, 4.69) is 15.3 Å². The molecule has 31 heavy (non-hydrogen) atoms. The van der Waals surface area contributed by atoms with Crippen molar-refractivity contribution < 1.29 is 28.5 Å². The maximum atomic E-state index is 12.0. The third-order valence-electron chi connectivity index (χ3n) is 4.33. The normalized spacial score (nSPS) is 10.5. The first kappa shape index (κ1) is 23.8. The van der Waals surface area contributed by atoms with E-state index in [1.165, 1.54) is 38.7 Å². The maximum Gasteiger partial charge on any atom is 0.337 e. The van der Waals surface area contributed by atoms with Gasteiger partial charge in [-0.05, 0) is 18.2 Å². The molecule has 0 atom stereocenters. The number of anilines is 4. The van der Waals surface area contributed by atoms with E-state index in [-0.39, 0.29) is 16.8 Å². The van der Waals surface area contributed by atoms with Gasteiger partial charge in [-0.3, -0.25) is 0 Å². The van der Waals surface area contributed by atoms with E-state index in [1.807, 2.05) is 4.90 Å². The SMILES string of the molecule is COCCN(CCOC)c1ncnc(Nc2cc(C(=O)OC)cc(C(=O)OC)c2)c1N. The van der Waals surface area contributed by atoms with Crippen LogP contribution in [0.2, 0.25) is 0 Å². The Morgan fingerprint density at radius 3 is 1.97 bits per heavy atom. The minimum Gasteiger partial charge on any atom is -0.465 e. The van der Waals surface area contributed by atoms with Crippen LogP contribution in [0.15, 0.2) is 24.5 Å². The van der Waals surface area contributed by atoms with Gasteiger partial charge in [0.25, 0.3) is 0 Å². The minimum atomic E-state index is -0.601. The molecule has 0 saturated heterocycles. The first-order chi connectivity index (χ1) is 14.9. The summed E-state index contributed by atoms with van der Waals surface area (Å²) in [6.07, 6.45) is 1.37. The van der Waals surface area contributed by atoms with Crippen LogP contribution in [0, 0.1) is 0 Å². The number of nitrogens with one attached hydrogen (secondary N) is 1. The van der Waals surface area contributed by atoms with Crippen molar-refractivity contribution in [3.8, 4) is 0 Å². The summed E-state index contributed by atoms with van der Waals surface area (Å²) >= 11 is 0. The number of ether oxygens (including phenoxy) is 4. The molecule has 0 aliphatic heterocycles. The number of rotatable bonds is 11. The first-order valence-electron chi connectivity index (χ1n) is 9.37. The number of methoxy groups -OCH3 is 4. The summed E-state index contributed by atoms with van der Waals surface area (Å²) in [5.41, 5.74) is 7.36. The molecule has 0 spiro atoms. The van der Waals surface area contributed by atoms with Gasteiger partial charge in [-0.1, -0.05) is 0 Å².